The van der Waals surface area contributed by atoms with Gasteiger partial charge in [-0.25, -0.2) is 0 Å². The molecular weight excluding hydrogens is 244 g/mol. The number of nitrogens with zero attached hydrogens (tertiary/aromatic N) is 2. The molecule has 0 saturated heterocycles. The van der Waals surface area contributed by atoms with E-state index in [9.17, 15) is 0 Å². The van der Waals surface area contributed by atoms with Gasteiger partial charge in [0.2, 0.25) is 0 Å². The summed E-state index contributed by atoms with van der Waals surface area (Å²) >= 11 is 4.57. The van der Waals surface area contributed by atoms with Crippen LogP contribution in [0.4, 0.5) is 0 Å². The lowest BCUT2D eigenvalue weighted by atomic mass is 9.83. The molecule has 1 aromatic rings. The average Bonchev–Trinajstić information content (AvgIpc) is 2.74. The Morgan fingerprint density at radius 1 is 1.33 bits per heavy atom. The Hall–Kier alpha value is -0.640. The zero-order valence-corrected chi connectivity index (χ0v) is 12.2. The summed E-state index contributed by atoms with van der Waals surface area (Å²) in [7, 11) is 0. The molecule has 1 heterocycles. The van der Waals surface area contributed by atoms with Gasteiger partial charge in [-0.15, -0.1) is 0 Å². The van der Waals surface area contributed by atoms with Crippen molar-refractivity contribution in [1.82, 2.24) is 9.78 Å². The third-order valence-corrected chi connectivity index (χ3v) is 4.65. The van der Waals surface area contributed by atoms with E-state index in [2.05, 4.69) is 24.7 Å². The molecule has 0 aromatic carbocycles. The first-order chi connectivity index (χ1) is 8.78. The van der Waals surface area contributed by atoms with Gasteiger partial charge in [0.15, 0.2) is 5.75 Å². The van der Waals surface area contributed by atoms with Gasteiger partial charge in [0, 0.05) is 12.0 Å². The molecule has 0 bridgehead atoms. The van der Waals surface area contributed by atoms with E-state index in [-0.39, 0.29) is 5.41 Å². The van der Waals surface area contributed by atoms with Crippen molar-refractivity contribution < 1.29 is 4.74 Å². The maximum absolute atomic E-state index is 5.95. The normalized spacial score (nSPS) is 19.4. The molecule has 0 spiro atoms. The first-order valence-electron chi connectivity index (χ1n) is 7.04. The highest BCUT2D eigenvalue weighted by molar-refractivity contribution is 7.80. The summed E-state index contributed by atoms with van der Waals surface area (Å²) < 4.78 is 7.84. The van der Waals surface area contributed by atoms with E-state index in [1.165, 1.54) is 38.5 Å². The summed E-state index contributed by atoms with van der Waals surface area (Å²) in [6.07, 6.45) is 11.6. The summed E-state index contributed by atoms with van der Waals surface area (Å²) in [6, 6.07) is 0. The predicted octanol–water partition coefficient (Wildman–Crippen LogP) is 3.55. The number of ether oxygens (including phenoxy) is 1. The lowest BCUT2D eigenvalue weighted by Crippen LogP contribution is -2.30. The van der Waals surface area contributed by atoms with Crippen molar-refractivity contribution in [2.24, 2.45) is 5.41 Å². The van der Waals surface area contributed by atoms with Crippen molar-refractivity contribution in [1.29, 1.82) is 0 Å². The minimum Gasteiger partial charge on any atom is -0.490 e. The molecule has 18 heavy (non-hydrogen) atoms. The minimum absolute atomic E-state index is 0.272. The highest BCUT2D eigenvalue weighted by atomic mass is 32.1. The fraction of sp³-hybridized carbons (Fsp3) is 0.786. The molecule has 0 unspecified atom stereocenters. The quantitative estimate of drug-likeness (QED) is 0.653. The largest absolute Gasteiger partial charge is 0.490 e. The molecule has 0 radical (unpaired) electrons. The fourth-order valence-electron chi connectivity index (χ4n) is 2.66. The smallest absolute Gasteiger partial charge is 0.157 e. The van der Waals surface area contributed by atoms with Crippen LogP contribution in [0.1, 0.15) is 45.4 Å². The highest BCUT2D eigenvalue weighted by Crippen LogP contribution is 2.36. The number of rotatable bonds is 5. The summed E-state index contributed by atoms with van der Waals surface area (Å²) in [6.45, 7) is 3.75. The topological polar surface area (TPSA) is 27.1 Å². The van der Waals surface area contributed by atoms with Crippen LogP contribution in [0.25, 0.3) is 0 Å². The second-order valence-electron chi connectivity index (χ2n) is 5.39. The molecule has 1 aliphatic rings. The Kier molecular flexibility index (Phi) is 4.98. The molecule has 1 saturated carbocycles. The van der Waals surface area contributed by atoms with Gasteiger partial charge in [-0.3, -0.25) is 4.68 Å². The monoisotopic (exact) mass is 268 g/mol. The van der Waals surface area contributed by atoms with Crippen molar-refractivity contribution in [3.05, 3.63) is 12.4 Å². The zero-order valence-electron chi connectivity index (χ0n) is 11.3. The molecule has 4 heteroatoms. The van der Waals surface area contributed by atoms with Crippen LogP contribution >= 0.6 is 12.6 Å². The van der Waals surface area contributed by atoms with Crippen molar-refractivity contribution in [3.63, 3.8) is 0 Å². The molecule has 1 fully saturated rings. The summed E-state index contributed by atoms with van der Waals surface area (Å²) in [5.74, 6) is 1.82. The SMILES string of the molecule is CCn1cc(OCC2(CS)CCCCCC2)cn1. The Balaban J connectivity index is 1.93. The number of aromatic nitrogens is 2. The van der Waals surface area contributed by atoms with Crippen LogP contribution in [0, 0.1) is 5.41 Å². The maximum atomic E-state index is 5.95. The van der Waals surface area contributed by atoms with E-state index >= 15 is 0 Å². The minimum atomic E-state index is 0.272. The van der Waals surface area contributed by atoms with Crippen LogP contribution in [0.2, 0.25) is 0 Å². The van der Waals surface area contributed by atoms with Gasteiger partial charge < -0.3 is 4.74 Å². The fourth-order valence-corrected chi connectivity index (χ4v) is 3.06. The van der Waals surface area contributed by atoms with E-state index in [1.54, 1.807) is 0 Å². The third kappa shape index (κ3) is 3.44. The van der Waals surface area contributed by atoms with Crippen molar-refractivity contribution in [2.45, 2.75) is 52.0 Å². The van der Waals surface area contributed by atoms with Crippen LogP contribution in [-0.2, 0) is 6.54 Å². The molecule has 0 atom stereocenters. The number of aryl methyl sites for hydroxylation is 1. The molecule has 0 amide bonds. The van der Waals surface area contributed by atoms with Gasteiger partial charge in [-0.2, -0.15) is 17.7 Å². The summed E-state index contributed by atoms with van der Waals surface area (Å²) in [5, 5.41) is 4.24. The van der Waals surface area contributed by atoms with Gasteiger partial charge in [0.1, 0.15) is 0 Å². The van der Waals surface area contributed by atoms with E-state index in [4.69, 9.17) is 4.74 Å². The number of hydrogen-bond acceptors (Lipinski definition) is 3. The Bertz CT molecular complexity index is 356. The van der Waals surface area contributed by atoms with E-state index < -0.39 is 0 Å². The Labute approximate surface area is 115 Å². The maximum Gasteiger partial charge on any atom is 0.157 e. The lowest BCUT2D eigenvalue weighted by Gasteiger charge is -2.30. The average molecular weight is 268 g/mol. The van der Waals surface area contributed by atoms with Crippen LogP contribution in [-0.4, -0.2) is 22.1 Å². The van der Waals surface area contributed by atoms with E-state index in [0.717, 1.165) is 24.7 Å². The number of hydrogen-bond donors (Lipinski definition) is 1. The van der Waals surface area contributed by atoms with E-state index in [0.29, 0.717) is 0 Å². The summed E-state index contributed by atoms with van der Waals surface area (Å²) in [5.41, 5.74) is 0.272. The van der Waals surface area contributed by atoms with Crippen LogP contribution in [0.3, 0.4) is 0 Å². The third-order valence-electron chi connectivity index (χ3n) is 3.98. The zero-order chi connectivity index (χ0) is 12.8. The van der Waals surface area contributed by atoms with Gasteiger partial charge >= 0.3 is 0 Å². The molecule has 3 nitrogen and oxygen atoms in total. The molecule has 0 N–H and O–H groups in total. The molecule has 1 aliphatic carbocycles. The first kappa shape index (κ1) is 13.8. The first-order valence-corrected chi connectivity index (χ1v) is 7.67. The van der Waals surface area contributed by atoms with Gasteiger partial charge in [-0.05, 0) is 25.5 Å². The second kappa shape index (κ2) is 6.50. The highest BCUT2D eigenvalue weighted by Gasteiger charge is 2.30. The van der Waals surface area contributed by atoms with Gasteiger partial charge in [0.05, 0.1) is 19.0 Å². The van der Waals surface area contributed by atoms with Crippen molar-refractivity contribution >= 4 is 12.6 Å². The van der Waals surface area contributed by atoms with Gasteiger partial charge in [0.25, 0.3) is 0 Å². The second-order valence-corrected chi connectivity index (χ2v) is 5.71. The molecule has 0 aliphatic heterocycles. The Morgan fingerprint density at radius 3 is 2.61 bits per heavy atom. The summed E-state index contributed by atoms with van der Waals surface area (Å²) in [4.78, 5) is 0. The standard InChI is InChI=1S/C14H24N2OS/c1-2-16-10-13(9-15-16)17-11-14(12-18)7-5-3-4-6-8-14/h9-10,18H,2-8,11-12H2,1H3. The Morgan fingerprint density at radius 2 is 2.06 bits per heavy atom. The van der Waals surface area contributed by atoms with Crippen molar-refractivity contribution in [2.75, 3.05) is 12.4 Å². The van der Waals surface area contributed by atoms with Crippen LogP contribution in [0.15, 0.2) is 12.4 Å². The lowest BCUT2D eigenvalue weighted by molar-refractivity contribution is 0.148. The molecule has 1 aromatic heterocycles. The number of thiol groups is 1. The van der Waals surface area contributed by atoms with Crippen molar-refractivity contribution in [3.8, 4) is 5.75 Å². The van der Waals surface area contributed by atoms with Gasteiger partial charge in [-0.1, -0.05) is 25.7 Å². The predicted molar refractivity (Wildman–Crippen MR) is 77.4 cm³/mol. The van der Waals surface area contributed by atoms with E-state index in [1.807, 2.05) is 17.1 Å². The van der Waals surface area contributed by atoms with Crippen LogP contribution < -0.4 is 4.74 Å². The molecule has 102 valence electrons. The molecular formula is C14H24N2OS. The molecule has 2 rings (SSSR count). The van der Waals surface area contributed by atoms with Crippen LogP contribution in [0.5, 0.6) is 5.75 Å².